The van der Waals surface area contributed by atoms with Gasteiger partial charge in [0.15, 0.2) is 0 Å². The van der Waals surface area contributed by atoms with E-state index >= 15 is 0 Å². The Bertz CT molecular complexity index is 445. The predicted molar refractivity (Wildman–Crippen MR) is 72.8 cm³/mol. The molecular weight excluding hydrogens is 251 g/mol. The van der Waals surface area contributed by atoms with Crippen LogP contribution in [0.2, 0.25) is 0 Å². The van der Waals surface area contributed by atoms with Crippen LogP contribution in [0.15, 0.2) is 18.2 Å². The Labute approximate surface area is 111 Å². The van der Waals surface area contributed by atoms with Gasteiger partial charge in [0, 0.05) is 30.8 Å². The van der Waals surface area contributed by atoms with Crippen molar-refractivity contribution in [3.8, 4) is 0 Å². The second-order valence-electron chi connectivity index (χ2n) is 4.65. The van der Waals surface area contributed by atoms with E-state index in [0.717, 1.165) is 25.9 Å². The van der Waals surface area contributed by atoms with Crippen LogP contribution in [0.25, 0.3) is 0 Å². The van der Waals surface area contributed by atoms with Crippen molar-refractivity contribution in [2.45, 2.75) is 25.5 Å². The molecule has 0 bridgehead atoms. The number of hydrogen-bond acceptors (Lipinski definition) is 3. The van der Waals surface area contributed by atoms with Crippen molar-refractivity contribution in [2.24, 2.45) is 5.73 Å². The molecule has 0 unspecified atom stereocenters. The molecule has 18 heavy (non-hydrogen) atoms. The van der Waals surface area contributed by atoms with E-state index in [-0.39, 0.29) is 16.9 Å². The summed E-state index contributed by atoms with van der Waals surface area (Å²) in [6.07, 6.45) is 1.28. The zero-order valence-corrected chi connectivity index (χ0v) is 10.9. The smallest absolute Gasteiger partial charge is 0.137 e. The van der Waals surface area contributed by atoms with Crippen LogP contribution in [0.5, 0.6) is 0 Å². The number of benzene rings is 1. The van der Waals surface area contributed by atoms with Gasteiger partial charge in [0.25, 0.3) is 0 Å². The number of likely N-dealkylation sites (tertiary alicyclic amines) is 1. The first kappa shape index (κ1) is 13.4. The third kappa shape index (κ3) is 3.04. The van der Waals surface area contributed by atoms with E-state index in [4.69, 9.17) is 18.0 Å². The molecule has 1 aliphatic heterocycles. The molecule has 1 fully saturated rings. The first-order valence-electron chi connectivity index (χ1n) is 6.05. The highest BCUT2D eigenvalue weighted by molar-refractivity contribution is 7.80. The van der Waals surface area contributed by atoms with Crippen molar-refractivity contribution in [1.82, 2.24) is 4.90 Å². The molecule has 1 saturated heterocycles. The zero-order valence-electron chi connectivity index (χ0n) is 10.1. The van der Waals surface area contributed by atoms with Gasteiger partial charge in [0.2, 0.25) is 0 Å². The highest BCUT2D eigenvalue weighted by Gasteiger charge is 2.19. The van der Waals surface area contributed by atoms with Gasteiger partial charge in [-0.05, 0) is 18.9 Å². The van der Waals surface area contributed by atoms with Crippen LogP contribution in [0.1, 0.15) is 24.0 Å². The number of nitrogens with two attached hydrogens (primary N) is 1. The first-order chi connectivity index (χ1) is 8.58. The van der Waals surface area contributed by atoms with Gasteiger partial charge in [-0.1, -0.05) is 24.4 Å². The highest BCUT2D eigenvalue weighted by Crippen LogP contribution is 2.18. The van der Waals surface area contributed by atoms with E-state index < -0.39 is 0 Å². The number of aliphatic hydroxyl groups is 1. The van der Waals surface area contributed by atoms with Crippen LogP contribution in [-0.4, -0.2) is 34.2 Å². The molecule has 98 valence electrons. The lowest BCUT2D eigenvalue weighted by Gasteiger charge is -2.29. The van der Waals surface area contributed by atoms with Gasteiger partial charge in [-0.3, -0.25) is 4.90 Å². The number of aliphatic hydroxyl groups excluding tert-OH is 1. The molecule has 0 saturated carbocycles. The number of piperidine rings is 1. The number of hydrogen-bond donors (Lipinski definition) is 2. The minimum atomic E-state index is -0.323. The molecule has 0 radical (unpaired) electrons. The maximum Gasteiger partial charge on any atom is 0.137 e. The van der Waals surface area contributed by atoms with Gasteiger partial charge < -0.3 is 10.8 Å². The van der Waals surface area contributed by atoms with E-state index in [1.807, 2.05) is 0 Å². The van der Waals surface area contributed by atoms with Crippen LogP contribution in [-0.2, 0) is 6.54 Å². The Morgan fingerprint density at radius 2 is 2.11 bits per heavy atom. The van der Waals surface area contributed by atoms with Crippen molar-refractivity contribution in [2.75, 3.05) is 13.1 Å². The quantitative estimate of drug-likeness (QED) is 0.814. The summed E-state index contributed by atoms with van der Waals surface area (Å²) in [4.78, 5) is 2.22. The first-order valence-corrected chi connectivity index (χ1v) is 6.46. The molecule has 1 aliphatic rings. The van der Waals surface area contributed by atoms with Crippen molar-refractivity contribution < 1.29 is 9.50 Å². The summed E-state index contributed by atoms with van der Waals surface area (Å²) in [5.41, 5.74) is 6.39. The standard InChI is InChI=1S/C13H17FN2OS/c14-12-9(2-1-3-11(12)13(15)18)8-16-6-4-10(17)5-7-16/h1-3,10,17H,4-8H2,(H2,15,18). The summed E-state index contributed by atoms with van der Waals surface area (Å²) in [6, 6.07) is 5.12. The third-order valence-corrected chi connectivity index (χ3v) is 3.52. The average Bonchev–Trinajstić information content (AvgIpc) is 2.34. The lowest BCUT2D eigenvalue weighted by atomic mass is 10.1. The fourth-order valence-corrected chi connectivity index (χ4v) is 2.37. The van der Waals surface area contributed by atoms with Gasteiger partial charge in [-0.25, -0.2) is 4.39 Å². The molecule has 0 aromatic heterocycles. The van der Waals surface area contributed by atoms with Crippen molar-refractivity contribution >= 4 is 17.2 Å². The van der Waals surface area contributed by atoms with Crippen molar-refractivity contribution in [1.29, 1.82) is 0 Å². The molecular formula is C13H17FN2OS. The molecule has 1 aromatic carbocycles. The fourth-order valence-electron chi connectivity index (χ4n) is 2.21. The van der Waals surface area contributed by atoms with Gasteiger partial charge >= 0.3 is 0 Å². The topological polar surface area (TPSA) is 49.5 Å². The third-order valence-electron chi connectivity index (χ3n) is 3.30. The monoisotopic (exact) mass is 268 g/mol. The molecule has 3 N–H and O–H groups in total. The number of halogens is 1. The Morgan fingerprint density at radius 3 is 2.72 bits per heavy atom. The van der Waals surface area contributed by atoms with E-state index in [2.05, 4.69) is 4.90 Å². The summed E-state index contributed by atoms with van der Waals surface area (Å²) in [5, 5.41) is 9.43. The lowest BCUT2D eigenvalue weighted by molar-refractivity contribution is 0.0787. The summed E-state index contributed by atoms with van der Waals surface area (Å²) in [6.45, 7) is 2.12. The summed E-state index contributed by atoms with van der Waals surface area (Å²) < 4.78 is 14.1. The van der Waals surface area contributed by atoms with E-state index in [1.165, 1.54) is 0 Å². The molecule has 0 atom stereocenters. The maximum absolute atomic E-state index is 14.1. The minimum Gasteiger partial charge on any atom is -0.393 e. The Hall–Kier alpha value is -1.04. The van der Waals surface area contributed by atoms with E-state index in [0.29, 0.717) is 17.7 Å². The van der Waals surface area contributed by atoms with Gasteiger partial charge in [0.05, 0.1) is 6.10 Å². The Kier molecular flexibility index (Phi) is 4.27. The van der Waals surface area contributed by atoms with E-state index in [9.17, 15) is 9.50 Å². The largest absolute Gasteiger partial charge is 0.393 e. The van der Waals surface area contributed by atoms with Crippen molar-refractivity contribution in [3.05, 3.63) is 35.1 Å². The SMILES string of the molecule is NC(=S)c1cccc(CN2CCC(O)CC2)c1F. The molecule has 0 amide bonds. The predicted octanol–water partition coefficient (Wildman–Crippen LogP) is 1.42. The summed E-state index contributed by atoms with van der Waals surface area (Å²) in [7, 11) is 0. The summed E-state index contributed by atoms with van der Waals surface area (Å²) in [5.74, 6) is -0.323. The van der Waals surface area contributed by atoms with Crippen LogP contribution in [0.4, 0.5) is 4.39 Å². The molecule has 0 spiro atoms. The van der Waals surface area contributed by atoms with Crippen LogP contribution < -0.4 is 5.73 Å². The minimum absolute atomic E-state index is 0.0865. The maximum atomic E-state index is 14.1. The average molecular weight is 268 g/mol. The second-order valence-corrected chi connectivity index (χ2v) is 5.09. The molecule has 3 nitrogen and oxygen atoms in total. The number of thiocarbonyl (C=S) groups is 1. The normalized spacial score (nSPS) is 17.9. The van der Waals surface area contributed by atoms with E-state index in [1.54, 1.807) is 18.2 Å². The number of nitrogens with zero attached hydrogens (tertiary/aromatic N) is 1. The van der Waals surface area contributed by atoms with Gasteiger partial charge in [-0.15, -0.1) is 0 Å². The molecule has 1 aromatic rings. The van der Waals surface area contributed by atoms with Crippen molar-refractivity contribution in [3.63, 3.8) is 0 Å². The van der Waals surface area contributed by atoms with Gasteiger partial charge in [0.1, 0.15) is 10.8 Å². The Morgan fingerprint density at radius 1 is 1.44 bits per heavy atom. The highest BCUT2D eigenvalue weighted by atomic mass is 32.1. The number of rotatable bonds is 3. The van der Waals surface area contributed by atoms with Crippen LogP contribution in [0.3, 0.4) is 0 Å². The summed E-state index contributed by atoms with van der Waals surface area (Å²) >= 11 is 4.82. The second kappa shape index (κ2) is 5.73. The fraction of sp³-hybridized carbons (Fsp3) is 0.462. The molecule has 0 aliphatic carbocycles. The van der Waals surface area contributed by atoms with Crippen LogP contribution in [0, 0.1) is 5.82 Å². The lowest BCUT2D eigenvalue weighted by Crippen LogP contribution is -2.35. The van der Waals surface area contributed by atoms with Gasteiger partial charge in [-0.2, -0.15) is 0 Å². The molecule has 5 heteroatoms. The van der Waals surface area contributed by atoms with Crippen LogP contribution >= 0.6 is 12.2 Å². The molecule has 1 heterocycles. The zero-order chi connectivity index (χ0) is 13.1. The molecule has 2 rings (SSSR count). The Balaban J connectivity index is 2.10.